The molecule has 1 aromatic rings. The fourth-order valence-electron chi connectivity index (χ4n) is 3.64. The molecule has 0 spiro atoms. The molecule has 2 saturated carbocycles. The van der Waals surface area contributed by atoms with Crippen molar-refractivity contribution < 1.29 is 13.6 Å². The van der Waals surface area contributed by atoms with Crippen LogP contribution >= 0.6 is 0 Å². The van der Waals surface area contributed by atoms with Crippen LogP contribution in [0.4, 0.5) is 8.78 Å². The Morgan fingerprint density at radius 3 is 2.47 bits per heavy atom. The zero-order valence-corrected chi connectivity index (χ0v) is 10.7. The third-order valence-electron chi connectivity index (χ3n) is 4.53. The molecule has 0 saturated heterocycles. The first-order valence-electron chi connectivity index (χ1n) is 6.86. The molecule has 0 heterocycles. The molecule has 2 bridgehead atoms. The molecule has 2 aliphatic carbocycles. The lowest BCUT2D eigenvalue weighted by Crippen LogP contribution is -2.31. The zero-order chi connectivity index (χ0) is 13.4. The summed E-state index contributed by atoms with van der Waals surface area (Å²) in [5, 5.41) is 2.81. The summed E-state index contributed by atoms with van der Waals surface area (Å²) >= 11 is 0. The summed E-state index contributed by atoms with van der Waals surface area (Å²) in [7, 11) is 0. The van der Waals surface area contributed by atoms with Crippen molar-refractivity contribution in [3.8, 4) is 0 Å². The first kappa shape index (κ1) is 12.6. The lowest BCUT2D eigenvalue weighted by atomic mass is 9.89. The van der Waals surface area contributed by atoms with E-state index in [1.54, 1.807) is 0 Å². The molecule has 2 nitrogen and oxygen atoms in total. The van der Waals surface area contributed by atoms with Gasteiger partial charge in [-0.05, 0) is 49.1 Å². The number of benzene rings is 1. The topological polar surface area (TPSA) is 29.1 Å². The standard InChI is InChI=1S/C15H17F2NO/c16-13-5-11(6-14(17)7-13)15(19)18-8-12-4-9-1-2-10(12)3-9/h5-7,9-10,12H,1-4,8H2,(H,18,19)/t9-,10-,12-/m1/s1. The average Bonchev–Trinajstić information content (AvgIpc) is 2.96. The van der Waals surface area contributed by atoms with E-state index in [-0.39, 0.29) is 11.5 Å². The molecule has 0 aliphatic heterocycles. The molecular formula is C15H17F2NO. The fourth-order valence-corrected chi connectivity index (χ4v) is 3.64. The van der Waals surface area contributed by atoms with E-state index in [9.17, 15) is 13.6 Å². The third-order valence-corrected chi connectivity index (χ3v) is 4.53. The predicted molar refractivity (Wildman–Crippen MR) is 67.6 cm³/mol. The monoisotopic (exact) mass is 265 g/mol. The maximum atomic E-state index is 13.0. The number of hydrogen-bond donors (Lipinski definition) is 1. The van der Waals surface area contributed by atoms with Crippen LogP contribution in [0.3, 0.4) is 0 Å². The molecule has 1 amide bonds. The minimum absolute atomic E-state index is 0.0562. The van der Waals surface area contributed by atoms with Crippen molar-refractivity contribution in [3.63, 3.8) is 0 Å². The van der Waals surface area contributed by atoms with Crippen molar-refractivity contribution in [2.45, 2.75) is 25.7 Å². The van der Waals surface area contributed by atoms with Crippen LogP contribution in [0, 0.1) is 29.4 Å². The Bertz CT molecular complexity index is 483. The first-order chi connectivity index (χ1) is 9.11. The molecule has 3 rings (SSSR count). The van der Waals surface area contributed by atoms with E-state index in [1.807, 2.05) is 0 Å². The Labute approximate surface area is 111 Å². The van der Waals surface area contributed by atoms with E-state index >= 15 is 0 Å². The van der Waals surface area contributed by atoms with Crippen molar-refractivity contribution in [1.29, 1.82) is 0 Å². The zero-order valence-electron chi connectivity index (χ0n) is 10.7. The Morgan fingerprint density at radius 2 is 1.89 bits per heavy atom. The summed E-state index contributed by atoms with van der Waals surface area (Å²) in [6.45, 7) is 0.623. The average molecular weight is 265 g/mol. The summed E-state index contributed by atoms with van der Waals surface area (Å²) in [5.41, 5.74) is 0.0562. The second-order valence-corrected chi connectivity index (χ2v) is 5.80. The highest BCUT2D eigenvalue weighted by Gasteiger charge is 2.39. The van der Waals surface area contributed by atoms with Crippen LogP contribution in [-0.2, 0) is 0 Å². The smallest absolute Gasteiger partial charge is 0.251 e. The number of halogens is 2. The van der Waals surface area contributed by atoms with E-state index in [4.69, 9.17) is 0 Å². The van der Waals surface area contributed by atoms with Gasteiger partial charge in [0, 0.05) is 18.2 Å². The van der Waals surface area contributed by atoms with Gasteiger partial charge in [-0.2, -0.15) is 0 Å². The third kappa shape index (κ3) is 2.62. The predicted octanol–water partition coefficient (Wildman–Crippen LogP) is 3.13. The Morgan fingerprint density at radius 1 is 1.16 bits per heavy atom. The molecule has 4 heteroatoms. The summed E-state index contributed by atoms with van der Waals surface area (Å²) in [4.78, 5) is 11.9. The van der Waals surface area contributed by atoms with Crippen LogP contribution in [0.25, 0.3) is 0 Å². The number of nitrogens with one attached hydrogen (secondary N) is 1. The summed E-state index contributed by atoms with van der Waals surface area (Å²) < 4.78 is 26.1. The van der Waals surface area contributed by atoms with Gasteiger partial charge >= 0.3 is 0 Å². The maximum Gasteiger partial charge on any atom is 0.251 e. The van der Waals surface area contributed by atoms with Gasteiger partial charge in [0.15, 0.2) is 0 Å². The number of hydrogen-bond acceptors (Lipinski definition) is 1. The molecule has 2 aliphatic rings. The second-order valence-electron chi connectivity index (χ2n) is 5.80. The van der Waals surface area contributed by atoms with Crippen molar-refractivity contribution in [1.82, 2.24) is 5.32 Å². The summed E-state index contributed by atoms with van der Waals surface area (Å²) in [5.74, 6) is 0.283. The van der Waals surface area contributed by atoms with Crippen LogP contribution < -0.4 is 5.32 Å². The normalized spacial score (nSPS) is 28.6. The van der Waals surface area contributed by atoms with E-state index in [2.05, 4.69) is 5.32 Å². The SMILES string of the molecule is O=C(NC[C@H]1C[C@@H]2CC[C@@H]1C2)c1cc(F)cc(F)c1. The summed E-state index contributed by atoms with van der Waals surface area (Å²) in [6, 6.07) is 2.91. The maximum absolute atomic E-state index is 13.0. The quantitative estimate of drug-likeness (QED) is 0.893. The lowest BCUT2D eigenvalue weighted by molar-refractivity contribution is 0.0941. The van der Waals surface area contributed by atoms with Gasteiger partial charge in [-0.25, -0.2) is 8.78 Å². The Kier molecular flexibility index (Phi) is 3.25. The fraction of sp³-hybridized carbons (Fsp3) is 0.533. The van der Waals surface area contributed by atoms with E-state index in [0.717, 1.165) is 30.0 Å². The van der Waals surface area contributed by atoms with Gasteiger partial charge < -0.3 is 5.32 Å². The van der Waals surface area contributed by atoms with E-state index in [0.29, 0.717) is 12.5 Å². The second kappa shape index (κ2) is 4.91. The molecule has 0 radical (unpaired) electrons. The Hall–Kier alpha value is -1.45. The minimum atomic E-state index is -0.718. The van der Waals surface area contributed by atoms with Gasteiger partial charge in [0.05, 0.1) is 0 Å². The highest BCUT2D eigenvalue weighted by molar-refractivity contribution is 5.94. The van der Waals surface area contributed by atoms with Gasteiger partial charge in [0.1, 0.15) is 11.6 Å². The largest absolute Gasteiger partial charge is 0.352 e. The van der Waals surface area contributed by atoms with Gasteiger partial charge in [-0.1, -0.05) is 6.42 Å². The van der Waals surface area contributed by atoms with Crippen molar-refractivity contribution in [2.75, 3.05) is 6.54 Å². The molecular weight excluding hydrogens is 248 g/mol. The van der Waals surface area contributed by atoms with Crippen molar-refractivity contribution >= 4 is 5.91 Å². The lowest BCUT2D eigenvalue weighted by Gasteiger charge is -2.21. The highest BCUT2D eigenvalue weighted by atomic mass is 19.1. The Balaban J connectivity index is 1.59. The van der Waals surface area contributed by atoms with Crippen molar-refractivity contribution in [2.24, 2.45) is 17.8 Å². The number of amides is 1. The highest BCUT2D eigenvalue weighted by Crippen LogP contribution is 2.47. The molecule has 102 valence electrons. The van der Waals surface area contributed by atoms with Crippen LogP contribution in [0.1, 0.15) is 36.0 Å². The molecule has 1 aromatic carbocycles. The number of carbonyl (C=O) groups excluding carboxylic acids is 1. The van der Waals surface area contributed by atoms with Crippen LogP contribution in [0.5, 0.6) is 0 Å². The van der Waals surface area contributed by atoms with E-state index in [1.165, 1.54) is 25.7 Å². The number of fused-ring (bicyclic) bond motifs is 2. The molecule has 3 atom stereocenters. The molecule has 0 unspecified atom stereocenters. The van der Waals surface area contributed by atoms with Crippen LogP contribution in [0.15, 0.2) is 18.2 Å². The first-order valence-corrected chi connectivity index (χ1v) is 6.86. The van der Waals surface area contributed by atoms with E-state index < -0.39 is 11.6 Å². The van der Waals surface area contributed by atoms with Gasteiger partial charge in [-0.15, -0.1) is 0 Å². The van der Waals surface area contributed by atoms with Gasteiger partial charge in [-0.3, -0.25) is 4.79 Å². The van der Waals surface area contributed by atoms with Gasteiger partial charge in [0.2, 0.25) is 0 Å². The molecule has 1 N–H and O–H groups in total. The number of rotatable bonds is 3. The molecule has 0 aromatic heterocycles. The van der Waals surface area contributed by atoms with Crippen LogP contribution in [0.2, 0.25) is 0 Å². The van der Waals surface area contributed by atoms with Crippen LogP contribution in [-0.4, -0.2) is 12.5 Å². The molecule has 2 fully saturated rings. The molecule has 19 heavy (non-hydrogen) atoms. The van der Waals surface area contributed by atoms with Gasteiger partial charge in [0.25, 0.3) is 5.91 Å². The summed E-state index contributed by atoms with van der Waals surface area (Å²) in [6.07, 6.45) is 5.06. The van der Waals surface area contributed by atoms with Crippen molar-refractivity contribution in [3.05, 3.63) is 35.4 Å². The number of carbonyl (C=O) groups is 1. The minimum Gasteiger partial charge on any atom is -0.352 e.